The Bertz CT molecular complexity index is 1120. The molecule has 4 amide bonds. The molecule has 2 aliphatic rings. The average Bonchev–Trinajstić information content (AvgIpc) is 3.03. The number of hydrogen-bond donors (Lipinski definition) is 2. The molecule has 2 N–H and O–H groups in total. The minimum atomic E-state index is -0.355. The van der Waals surface area contributed by atoms with Crippen LogP contribution in [0.4, 0.5) is 0 Å². The number of amides is 4. The number of phenolic OH excluding ortho intramolecular Hbond substituents is 1. The van der Waals surface area contributed by atoms with Crippen LogP contribution in [0.1, 0.15) is 68.1 Å². The van der Waals surface area contributed by atoms with Crippen LogP contribution in [0.15, 0.2) is 42.5 Å². The third kappa shape index (κ3) is 4.60. The van der Waals surface area contributed by atoms with Crippen molar-refractivity contribution in [3.63, 3.8) is 0 Å². The summed E-state index contributed by atoms with van der Waals surface area (Å²) in [5, 5.41) is 12.5. The molecule has 0 saturated carbocycles. The fraction of sp³-hybridized carbons (Fsp3) is 0.360. The molecule has 0 radical (unpaired) electrons. The number of nitrogens with zero attached hydrogens (tertiary/aromatic N) is 2. The van der Waals surface area contributed by atoms with E-state index in [9.17, 15) is 24.3 Å². The summed E-state index contributed by atoms with van der Waals surface area (Å²) in [6.45, 7) is 5.15. The molecule has 1 saturated heterocycles. The van der Waals surface area contributed by atoms with Crippen molar-refractivity contribution in [3.8, 4) is 5.75 Å². The first kappa shape index (κ1) is 22.5. The van der Waals surface area contributed by atoms with Crippen molar-refractivity contribution in [2.45, 2.75) is 32.7 Å². The van der Waals surface area contributed by atoms with E-state index in [0.29, 0.717) is 49.2 Å². The molecule has 0 aliphatic carbocycles. The van der Waals surface area contributed by atoms with E-state index in [0.717, 1.165) is 0 Å². The Labute approximate surface area is 192 Å². The summed E-state index contributed by atoms with van der Waals surface area (Å²) in [5.41, 5.74) is 1.38. The Morgan fingerprint density at radius 3 is 2.36 bits per heavy atom. The maximum atomic E-state index is 13.0. The summed E-state index contributed by atoms with van der Waals surface area (Å²) in [7, 11) is 0. The van der Waals surface area contributed by atoms with Gasteiger partial charge in [-0.2, -0.15) is 0 Å². The molecule has 0 atom stereocenters. The van der Waals surface area contributed by atoms with Crippen LogP contribution in [0.5, 0.6) is 5.75 Å². The number of rotatable bonds is 5. The van der Waals surface area contributed by atoms with Crippen LogP contribution in [0.3, 0.4) is 0 Å². The van der Waals surface area contributed by atoms with Crippen molar-refractivity contribution in [2.24, 2.45) is 5.92 Å². The van der Waals surface area contributed by atoms with E-state index >= 15 is 0 Å². The third-order valence-corrected chi connectivity index (χ3v) is 5.99. The highest BCUT2D eigenvalue weighted by molar-refractivity contribution is 6.22. The summed E-state index contributed by atoms with van der Waals surface area (Å²) < 4.78 is 0. The predicted octanol–water partition coefficient (Wildman–Crippen LogP) is 2.68. The summed E-state index contributed by atoms with van der Waals surface area (Å²) in [4.78, 5) is 53.6. The molecule has 2 aromatic rings. The second kappa shape index (κ2) is 9.05. The van der Waals surface area contributed by atoms with Crippen molar-refractivity contribution >= 4 is 23.6 Å². The highest BCUT2D eigenvalue weighted by atomic mass is 16.3. The van der Waals surface area contributed by atoms with E-state index in [4.69, 9.17) is 0 Å². The van der Waals surface area contributed by atoms with Gasteiger partial charge in [-0.25, -0.2) is 0 Å². The van der Waals surface area contributed by atoms with E-state index in [-0.39, 0.29) is 46.9 Å². The number of piperidine rings is 1. The molecule has 172 valence electrons. The molecule has 2 heterocycles. The zero-order valence-electron chi connectivity index (χ0n) is 18.7. The Morgan fingerprint density at radius 1 is 1.00 bits per heavy atom. The quantitative estimate of drug-likeness (QED) is 0.683. The molecule has 0 bridgehead atoms. The number of aromatic hydroxyl groups is 1. The number of nitrogens with one attached hydrogen (secondary N) is 1. The summed E-state index contributed by atoms with van der Waals surface area (Å²) in [6.07, 6.45) is 1.20. The molecule has 8 heteroatoms. The van der Waals surface area contributed by atoms with Crippen molar-refractivity contribution in [1.29, 1.82) is 0 Å². The fourth-order valence-corrected chi connectivity index (χ4v) is 4.28. The van der Waals surface area contributed by atoms with Crippen molar-refractivity contribution in [2.75, 3.05) is 19.6 Å². The Morgan fingerprint density at radius 2 is 1.70 bits per heavy atom. The smallest absolute Gasteiger partial charge is 0.261 e. The maximum absolute atomic E-state index is 13.0. The lowest BCUT2D eigenvalue weighted by atomic mass is 10.0. The molecule has 1 fully saturated rings. The largest absolute Gasteiger partial charge is 0.508 e. The topological polar surface area (TPSA) is 107 Å². The van der Waals surface area contributed by atoms with Crippen molar-refractivity contribution < 1.29 is 24.3 Å². The average molecular weight is 450 g/mol. The van der Waals surface area contributed by atoms with Gasteiger partial charge in [0.2, 0.25) is 0 Å². The molecule has 4 rings (SSSR count). The predicted molar refractivity (Wildman–Crippen MR) is 121 cm³/mol. The lowest BCUT2D eigenvalue weighted by Crippen LogP contribution is -2.46. The number of phenols is 1. The van der Waals surface area contributed by atoms with Gasteiger partial charge in [0.25, 0.3) is 23.6 Å². The van der Waals surface area contributed by atoms with Crippen LogP contribution in [0.25, 0.3) is 0 Å². The summed E-state index contributed by atoms with van der Waals surface area (Å²) in [5.74, 6) is -0.938. The highest BCUT2D eigenvalue weighted by Crippen LogP contribution is 2.26. The van der Waals surface area contributed by atoms with Crippen LogP contribution in [0, 0.1) is 5.92 Å². The SMILES string of the molecule is CC(C)CN1C(=O)c2ccc(C(=O)N3CCC(NC(=O)c4cccc(O)c4)CC3)cc2C1=O. The molecule has 0 unspecified atom stereocenters. The standard InChI is InChI=1S/C25H27N3O5/c1-15(2)14-28-24(32)20-7-6-17(13-21(20)25(28)33)23(31)27-10-8-18(9-11-27)26-22(30)16-4-3-5-19(29)12-16/h3-7,12-13,15,18,29H,8-11,14H2,1-2H3,(H,26,30). The van der Waals surface area contributed by atoms with Gasteiger partial charge >= 0.3 is 0 Å². The van der Waals surface area contributed by atoms with E-state index < -0.39 is 0 Å². The first-order valence-electron chi connectivity index (χ1n) is 11.1. The van der Waals surface area contributed by atoms with E-state index in [1.807, 2.05) is 13.8 Å². The number of carbonyl (C=O) groups excluding carboxylic acids is 4. The normalized spacial score (nSPS) is 16.3. The molecule has 2 aromatic carbocycles. The molecule has 33 heavy (non-hydrogen) atoms. The lowest BCUT2D eigenvalue weighted by Gasteiger charge is -2.32. The molecule has 8 nitrogen and oxygen atoms in total. The molecule has 2 aliphatic heterocycles. The van der Waals surface area contributed by atoms with Gasteiger partial charge in [-0.15, -0.1) is 0 Å². The molecular weight excluding hydrogens is 422 g/mol. The van der Waals surface area contributed by atoms with Gasteiger partial charge in [-0.05, 0) is 55.2 Å². The van der Waals surface area contributed by atoms with Gasteiger partial charge in [-0.3, -0.25) is 24.1 Å². The van der Waals surface area contributed by atoms with E-state index in [1.165, 1.54) is 23.1 Å². The molecular formula is C25H27N3O5. The number of fused-ring (bicyclic) bond motifs is 1. The van der Waals surface area contributed by atoms with Crippen molar-refractivity contribution in [3.05, 3.63) is 64.7 Å². The van der Waals surface area contributed by atoms with Gasteiger partial charge < -0.3 is 15.3 Å². The van der Waals surface area contributed by atoms with Crippen LogP contribution in [0.2, 0.25) is 0 Å². The van der Waals surface area contributed by atoms with Crippen molar-refractivity contribution in [1.82, 2.24) is 15.1 Å². The monoisotopic (exact) mass is 449 g/mol. The fourth-order valence-electron chi connectivity index (χ4n) is 4.28. The number of imide groups is 1. The van der Waals surface area contributed by atoms with Crippen LogP contribution < -0.4 is 5.32 Å². The zero-order chi connectivity index (χ0) is 23.7. The second-order valence-electron chi connectivity index (χ2n) is 8.97. The van der Waals surface area contributed by atoms with Gasteiger partial charge in [0.05, 0.1) is 11.1 Å². The Balaban J connectivity index is 1.38. The first-order chi connectivity index (χ1) is 15.7. The van der Waals surface area contributed by atoms with Gasteiger partial charge in [0.15, 0.2) is 0 Å². The lowest BCUT2D eigenvalue weighted by molar-refractivity contribution is 0.0634. The number of likely N-dealkylation sites (tertiary alicyclic amines) is 1. The highest BCUT2D eigenvalue weighted by Gasteiger charge is 2.36. The second-order valence-corrected chi connectivity index (χ2v) is 8.97. The number of benzene rings is 2. The summed E-state index contributed by atoms with van der Waals surface area (Å²) >= 11 is 0. The number of carbonyl (C=O) groups is 4. The molecule has 0 aromatic heterocycles. The minimum Gasteiger partial charge on any atom is -0.508 e. The molecule has 0 spiro atoms. The van der Waals surface area contributed by atoms with Crippen LogP contribution in [-0.4, -0.2) is 64.2 Å². The Hall–Kier alpha value is -3.68. The van der Waals surface area contributed by atoms with Crippen LogP contribution in [-0.2, 0) is 0 Å². The van der Waals surface area contributed by atoms with Gasteiger partial charge in [0, 0.05) is 36.8 Å². The summed E-state index contributed by atoms with van der Waals surface area (Å²) in [6, 6.07) is 10.8. The maximum Gasteiger partial charge on any atom is 0.261 e. The van der Waals surface area contributed by atoms with E-state index in [2.05, 4.69) is 5.32 Å². The van der Waals surface area contributed by atoms with Gasteiger partial charge in [0.1, 0.15) is 5.75 Å². The minimum absolute atomic E-state index is 0.0323. The van der Waals surface area contributed by atoms with Gasteiger partial charge in [-0.1, -0.05) is 19.9 Å². The van der Waals surface area contributed by atoms with E-state index in [1.54, 1.807) is 29.2 Å². The van der Waals surface area contributed by atoms with Crippen LogP contribution >= 0.6 is 0 Å². The first-order valence-corrected chi connectivity index (χ1v) is 11.1. The Kier molecular flexibility index (Phi) is 6.18. The zero-order valence-corrected chi connectivity index (χ0v) is 18.7. The number of hydrogen-bond acceptors (Lipinski definition) is 5. The third-order valence-electron chi connectivity index (χ3n) is 5.99.